The highest BCUT2D eigenvalue weighted by Gasteiger charge is 2.28. The van der Waals surface area contributed by atoms with Crippen LogP contribution in [0.3, 0.4) is 0 Å². The number of hydrogen-bond acceptors (Lipinski definition) is 3. The summed E-state index contributed by atoms with van der Waals surface area (Å²) in [6.45, 7) is 0. The van der Waals surface area contributed by atoms with Gasteiger partial charge in [-0.25, -0.2) is 4.98 Å². The Hall–Kier alpha value is -1.59. The van der Waals surface area contributed by atoms with Gasteiger partial charge in [0.25, 0.3) is 0 Å². The number of rotatable bonds is 4. The molecule has 1 heterocycles. The highest BCUT2D eigenvalue weighted by atomic mass is 35.5. The molecule has 0 saturated heterocycles. The zero-order valence-electron chi connectivity index (χ0n) is 14.5. The van der Waals surface area contributed by atoms with Crippen molar-refractivity contribution in [1.29, 1.82) is 0 Å². The van der Waals surface area contributed by atoms with Crippen LogP contribution in [0.2, 0.25) is 0 Å². The minimum absolute atomic E-state index is 0. The van der Waals surface area contributed by atoms with Gasteiger partial charge in [-0.1, -0.05) is 31.4 Å². The zero-order valence-corrected chi connectivity index (χ0v) is 15.3. The molecule has 6 heteroatoms. The second kappa shape index (κ2) is 7.75. The van der Waals surface area contributed by atoms with Gasteiger partial charge in [0.2, 0.25) is 11.9 Å². The van der Waals surface area contributed by atoms with Crippen LogP contribution < -0.4 is 11.1 Å². The number of nitrogens with zero attached hydrogens (tertiary/aromatic N) is 2. The summed E-state index contributed by atoms with van der Waals surface area (Å²) in [5, 5.41) is 3.08. The third kappa shape index (κ3) is 3.67. The van der Waals surface area contributed by atoms with Crippen molar-refractivity contribution >= 4 is 35.3 Å². The summed E-state index contributed by atoms with van der Waals surface area (Å²) in [7, 11) is 0. The van der Waals surface area contributed by atoms with E-state index in [0.29, 0.717) is 24.3 Å². The van der Waals surface area contributed by atoms with E-state index in [-0.39, 0.29) is 24.4 Å². The average Bonchev–Trinajstić information content (AvgIpc) is 3.27. The Balaban J connectivity index is 0.00000182. The lowest BCUT2D eigenvalue weighted by molar-refractivity contribution is -0.117. The number of nitrogens with two attached hydrogens (primary N) is 1. The molecule has 5 nitrogen and oxygen atoms in total. The standard InChI is InChI=1S/C19H26N4O.ClH/c20-15-9-5-6-13(15)12-18(24)22-19-21-16-10-3-4-11-17(16)23(19)14-7-1-2-8-14;/h3-4,10-11,13-15H,1-2,5-9,12,20H2,(H,21,22,24);1H/t13-,15+;/m0./s1. The van der Waals surface area contributed by atoms with Gasteiger partial charge in [-0.15, -0.1) is 12.4 Å². The molecule has 1 aromatic carbocycles. The maximum absolute atomic E-state index is 12.5. The first-order chi connectivity index (χ1) is 11.7. The molecule has 2 atom stereocenters. The summed E-state index contributed by atoms with van der Waals surface area (Å²) >= 11 is 0. The van der Waals surface area contributed by atoms with Crippen LogP contribution in [0.1, 0.15) is 57.4 Å². The van der Waals surface area contributed by atoms with Crippen LogP contribution in [0, 0.1) is 5.92 Å². The molecule has 2 aromatic rings. The molecule has 0 bridgehead atoms. The Morgan fingerprint density at radius 2 is 1.92 bits per heavy atom. The number of carbonyl (C=O) groups is 1. The van der Waals surface area contributed by atoms with Gasteiger partial charge in [0, 0.05) is 18.5 Å². The summed E-state index contributed by atoms with van der Waals surface area (Å²) in [6, 6.07) is 8.77. The van der Waals surface area contributed by atoms with E-state index in [1.165, 1.54) is 12.8 Å². The van der Waals surface area contributed by atoms with Crippen LogP contribution in [-0.2, 0) is 4.79 Å². The molecule has 1 aromatic heterocycles. The van der Waals surface area contributed by atoms with E-state index in [9.17, 15) is 4.79 Å². The molecule has 0 radical (unpaired) electrons. The third-order valence-corrected chi connectivity index (χ3v) is 5.70. The second-order valence-corrected chi connectivity index (χ2v) is 7.34. The second-order valence-electron chi connectivity index (χ2n) is 7.34. The van der Waals surface area contributed by atoms with Gasteiger partial charge >= 0.3 is 0 Å². The number of imidazole rings is 1. The van der Waals surface area contributed by atoms with Crippen molar-refractivity contribution in [3.8, 4) is 0 Å². The fourth-order valence-corrected chi connectivity index (χ4v) is 4.40. The highest BCUT2D eigenvalue weighted by Crippen LogP contribution is 2.35. The van der Waals surface area contributed by atoms with Crippen LogP contribution in [0.25, 0.3) is 11.0 Å². The van der Waals surface area contributed by atoms with Crippen LogP contribution in [0.15, 0.2) is 24.3 Å². The topological polar surface area (TPSA) is 72.9 Å². The Morgan fingerprint density at radius 1 is 1.16 bits per heavy atom. The lowest BCUT2D eigenvalue weighted by atomic mass is 10.00. The number of nitrogens with one attached hydrogen (secondary N) is 1. The molecule has 1 amide bonds. The van der Waals surface area contributed by atoms with Crippen molar-refractivity contribution < 1.29 is 4.79 Å². The Kier molecular flexibility index (Phi) is 5.64. The molecule has 2 aliphatic carbocycles. The Labute approximate surface area is 154 Å². The van der Waals surface area contributed by atoms with Gasteiger partial charge in [-0.2, -0.15) is 0 Å². The minimum atomic E-state index is 0. The number of para-hydroxylation sites is 2. The Morgan fingerprint density at radius 3 is 2.64 bits per heavy atom. The maximum atomic E-state index is 12.5. The molecule has 4 rings (SSSR count). The summed E-state index contributed by atoms with van der Waals surface area (Å²) in [5.74, 6) is 1.07. The quantitative estimate of drug-likeness (QED) is 0.862. The van der Waals surface area contributed by atoms with Crippen LogP contribution >= 0.6 is 12.4 Å². The van der Waals surface area contributed by atoms with E-state index in [1.54, 1.807) is 0 Å². The summed E-state index contributed by atoms with van der Waals surface area (Å²) < 4.78 is 2.24. The van der Waals surface area contributed by atoms with Crippen molar-refractivity contribution in [2.75, 3.05) is 5.32 Å². The number of amides is 1. The SMILES string of the molecule is Cl.N[C@@H]1CCC[C@H]1CC(=O)Nc1nc2ccccc2n1C1CCCC1. The van der Waals surface area contributed by atoms with Crippen molar-refractivity contribution in [3.05, 3.63) is 24.3 Å². The molecule has 3 N–H and O–H groups in total. The Bertz CT molecular complexity index is 738. The third-order valence-electron chi connectivity index (χ3n) is 5.70. The number of carbonyl (C=O) groups excluding carboxylic acids is 1. The van der Waals surface area contributed by atoms with Gasteiger partial charge < -0.3 is 10.3 Å². The van der Waals surface area contributed by atoms with Crippen molar-refractivity contribution in [1.82, 2.24) is 9.55 Å². The van der Waals surface area contributed by atoms with Crippen molar-refractivity contribution in [2.45, 2.75) is 63.5 Å². The van der Waals surface area contributed by atoms with E-state index < -0.39 is 0 Å². The fourth-order valence-electron chi connectivity index (χ4n) is 4.40. The van der Waals surface area contributed by atoms with E-state index in [4.69, 9.17) is 10.7 Å². The van der Waals surface area contributed by atoms with Crippen LogP contribution in [0.4, 0.5) is 5.95 Å². The largest absolute Gasteiger partial charge is 0.327 e. The average molecular weight is 363 g/mol. The molecule has 0 aliphatic heterocycles. The molecule has 2 saturated carbocycles. The first-order valence-electron chi connectivity index (χ1n) is 9.25. The first kappa shape index (κ1) is 18.2. The van der Waals surface area contributed by atoms with Gasteiger partial charge in [0.05, 0.1) is 11.0 Å². The molecule has 0 spiro atoms. The highest BCUT2D eigenvalue weighted by molar-refractivity contribution is 5.91. The first-order valence-corrected chi connectivity index (χ1v) is 9.25. The monoisotopic (exact) mass is 362 g/mol. The summed E-state index contributed by atoms with van der Waals surface area (Å²) in [4.78, 5) is 17.2. The predicted molar refractivity (Wildman–Crippen MR) is 103 cm³/mol. The van der Waals surface area contributed by atoms with Crippen molar-refractivity contribution in [3.63, 3.8) is 0 Å². The molecular weight excluding hydrogens is 336 g/mol. The van der Waals surface area contributed by atoms with Crippen LogP contribution in [-0.4, -0.2) is 21.5 Å². The normalized spacial score (nSPS) is 23.7. The number of hydrogen-bond donors (Lipinski definition) is 2. The number of anilines is 1. The lowest BCUT2D eigenvalue weighted by Gasteiger charge is -2.18. The zero-order chi connectivity index (χ0) is 16.5. The number of benzene rings is 1. The number of aromatic nitrogens is 2. The van der Waals surface area contributed by atoms with E-state index in [0.717, 1.165) is 43.1 Å². The lowest BCUT2D eigenvalue weighted by Crippen LogP contribution is -2.29. The molecular formula is C19H27ClN4O. The molecule has 136 valence electrons. The molecule has 0 unspecified atom stereocenters. The van der Waals surface area contributed by atoms with E-state index in [1.807, 2.05) is 18.2 Å². The molecule has 2 aliphatic rings. The maximum Gasteiger partial charge on any atom is 0.227 e. The van der Waals surface area contributed by atoms with Gasteiger partial charge in [0.1, 0.15) is 0 Å². The van der Waals surface area contributed by atoms with Gasteiger partial charge in [-0.05, 0) is 43.7 Å². The van der Waals surface area contributed by atoms with Gasteiger partial charge in [-0.3, -0.25) is 10.1 Å². The van der Waals surface area contributed by atoms with Crippen molar-refractivity contribution in [2.24, 2.45) is 11.7 Å². The van der Waals surface area contributed by atoms with E-state index in [2.05, 4.69) is 16.0 Å². The minimum Gasteiger partial charge on any atom is -0.327 e. The predicted octanol–water partition coefficient (Wildman–Crippen LogP) is 4.03. The molecule has 25 heavy (non-hydrogen) atoms. The number of halogens is 1. The van der Waals surface area contributed by atoms with Gasteiger partial charge in [0.15, 0.2) is 0 Å². The molecule has 2 fully saturated rings. The summed E-state index contributed by atoms with van der Waals surface area (Å²) in [5.41, 5.74) is 8.19. The van der Waals surface area contributed by atoms with Crippen LogP contribution in [0.5, 0.6) is 0 Å². The smallest absolute Gasteiger partial charge is 0.227 e. The number of fused-ring (bicyclic) bond motifs is 1. The fraction of sp³-hybridized carbons (Fsp3) is 0.579. The van der Waals surface area contributed by atoms with E-state index >= 15 is 0 Å². The summed E-state index contributed by atoms with van der Waals surface area (Å²) in [6.07, 6.45) is 8.58.